The number of hydrogen-bond acceptors (Lipinski definition) is 5. The van der Waals surface area contributed by atoms with Gasteiger partial charge in [-0.3, -0.25) is 9.59 Å². The Morgan fingerprint density at radius 3 is 2.72 bits per heavy atom. The van der Waals surface area contributed by atoms with Gasteiger partial charge in [0.25, 0.3) is 0 Å². The Balaban J connectivity index is 1.72. The molecule has 160 valence electrons. The molecule has 0 radical (unpaired) electrons. The van der Waals surface area contributed by atoms with Gasteiger partial charge in [-0.25, -0.2) is 0 Å². The second-order valence-corrected chi connectivity index (χ2v) is 9.27. The third-order valence-electron chi connectivity index (χ3n) is 7.80. The molecule has 0 saturated heterocycles. The van der Waals surface area contributed by atoms with Crippen LogP contribution in [0.15, 0.2) is 34.7 Å². The molecule has 1 saturated carbocycles. The first-order valence-electron chi connectivity index (χ1n) is 10.7. The number of fused-ring (bicyclic) bond motifs is 1. The molecule has 29 heavy (non-hydrogen) atoms. The first-order valence-corrected chi connectivity index (χ1v) is 10.7. The van der Waals surface area contributed by atoms with Crippen molar-refractivity contribution in [2.75, 3.05) is 13.7 Å². The summed E-state index contributed by atoms with van der Waals surface area (Å²) >= 11 is 0. The number of allylic oxidation sites excluding steroid dienone is 1. The van der Waals surface area contributed by atoms with E-state index in [-0.39, 0.29) is 23.9 Å². The first kappa shape index (κ1) is 21.7. The van der Waals surface area contributed by atoms with Crippen molar-refractivity contribution >= 4 is 11.9 Å². The smallest absolute Gasteiger partial charge is 0.317 e. The average molecular weight is 403 g/mol. The standard InChI is InChI=1S/C24H34O5/c1-17-8-11-24(3)19(16-29-22(26)14-21(25)27-4)6-5-7-20(24)23(17,2)12-9-18-10-13-28-15-18/h6,10,13,15,17,20H,5,7-9,11-12,14,16H2,1-4H3. The van der Waals surface area contributed by atoms with Gasteiger partial charge in [0.05, 0.1) is 19.6 Å². The van der Waals surface area contributed by atoms with Crippen molar-refractivity contribution < 1.29 is 23.5 Å². The first-order chi connectivity index (χ1) is 13.8. The molecule has 2 aliphatic carbocycles. The third kappa shape index (κ3) is 4.44. The molecule has 0 aliphatic heterocycles. The number of esters is 2. The lowest BCUT2D eigenvalue weighted by atomic mass is 9.47. The zero-order valence-electron chi connectivity index (χ0n) is 18.2. The SMILES string of the molecule is COC(=O)CC(=O)OCC1=CCCC2C1(C)CCC(C)C2(C)CCc1ccoc1. The summed E-state index contributed by atoms with van der Waals surface area (Å²) in [4.78, 5) is 23.3. The largest absolute Gasteiger partial charge is 0.472 e. The maximum atomic E-state index is 12.0. The molecule has 4 atom stereocenters. The van der Waals surface area contributed by atoms with Crippen LogP contribution in [-0.2, 0) is 25.5 Å². The van der Waals surface area contributed by atoms with Gasteiger partial charge in [-0.15, -0.1) is 0 Å². The van der Waals surface area contributed by atoms with Gasteiger partial charge in [0.2, 0.25) is 0 Å². The molecule has 0 spiro atoms. The van der Waals surface area contributed by atoms with Crippen molar-refractivity contribution in [2.24, 2.45) is 22.7 Å². The molecule has 5 heteroatoms. The van der Waals surface area contributed by atoms with Crippen LogP contribution in [0.1, 0.15) is 64.9 Å². The Labute approximate surface area is 173 Å². The molecule has 1 aromatic rings. The third-order valence-corrected chi connectivity index (χ3v) is 7.80. The van der Waals surface area contributed by atoms with Crippen molar-refractivity contribution in [3.63, 3.8) is 0 Å². The van der Waals surface area contributed by atoms with E-state index in [1.807, 2.05) is 6.26 Å². The Kier molecular flexibility index (Phi) is 6.55. The van der Waals surface area contributed by atoms with Gasteiger partial charge in [0.1, 0.15) is 13.0 Å². The quantitative estimate of drug-likeness (QED) is 0.361. The van der Waals surface area contributed by atoms with Gasteiger partial charge in [0.15, 0.2) is 0 Å². The highest BCUT2D eigenvalue weighted by Gasteiger charge is 2.53. The fourth-order valence-corrected chi connectivity index (χ4v) is 5.67. The fourth-order valence-electron chi connectivity index (χ4n) is 5.67. The van der Waals surface area contributed by atoms with Crippen molar-refractivity contribution in [3.8, 4) is 0 Å². The summed E-state index contributed by atoms with van der Waals surface area (Å²) in [6.07, 6.45) is 12.1. The Bertz CT molecular complexity index is 749. The Morgan fingerprint density at radius 2 is 2.03 bits per heavy atom. The average Bonchev–Trinajstić information content (AvgIpc) is 3.22. The van der Waals surface area contributed by atoms with Gasteiger partial charge >= 0.3 is 11.9 Å². The van der Waals surface area contributed by atoms with Crippen LogP contribution in [-0.4, -0.2) is 25.7 Å². The zero-order chi connectivity index (χ0) is 21.1. The van der Waals surface area contributed by atoms with Crippen molar-refractivity contribution in [3.05, 3.63) is 35.8 Å². The van der Waals surface area contributed by atoms with Crippen molar-refractivity contribution in [2.45, 2.75) is 65.7 Å². The number of carbonyl (C=O) groups is 2. The molecule has 3 rings (SSSR count). The van der Waals surface area contributed by atoms with E-state index in [1.165, 1.54) is 31.1 Å². The number of carbonyl (C=O) groups excluding carboxylic acids is 2. The second kappa shape index (κ2) is 8.76. The highest BCUT2D eigenvalue weighted by molar-refractivity contribution is 5.91. The zero-order valence-corrected chi connectivity index (χ0v) is 18.2. The molecule has 0 aromatic carbocycles. The lowest BCUT2D eigenvalue weighted by Gasteiger charge is -2.58. The monoisotopic (exact) mass is 402 g/mol. The highest BCUT2D eigenvalue weighted by atomic mass is 16.5. The van der Waals surface area contributed by atoms with Crippen LogP contribution in [0.25, 0.3) is 0 Å². The van der Waals surface area contributed by atoms with E-state index in [9.17, 15) is 9.59 Å². The summed E-state index contributed by atoms with van der Waals surface area (Å²) in [5.41, 5.74) is 2.73. The molecular weight excluding hydrogens is 368 g/mol. The van der Waals surface area contributed by atoms with E-state index in [1.54, 1.807) is 6.26 Å². The van der Waals surface area contributed by atoms with Gasteiger partial charge in [-0.05, 0) is 78.4 Å². The molecule has 1 aromatic heterocycles. The lowest BCUT2D eigenvalue weighted by Crippen LogP contribution is -2.50. The summed E-state index contributed by atoms with van der Waals surface area (Å²) in [5.74, 6) is 0.115. The van der Waals surface area contributed by atoms with Crippen LogP contribution in [0.4, 0.5) is 0 Å². The van der Waals surface area contributed by atoms with E-state index < -0.39 is 11.9 Å². The Morgan fingerprint density at radius 1 is 1.24 bits per heavy atom. The molecule has 0 bridgehead atoms. The van der Waals surface area contributed by atoms with Crippen LogP contribution in [0.3, 0.4) is 0 Å². The predicted molar refractivity (Wildman–Crippen MR) is 110 cm³/mol. The van der Waals surface area contributed by atoms with Gasteiger partial charge < -0.3 is 13.9 Å². The van der Waals surface area contributed by atoms with E-state index in [4.69, 9.17) is 9.15 Å². The number of rotatable bonds is 7. The minimum absolute atomic E-state index is 0.0292. The molecular formula is C24H34O5. The number of ether oxygens (including phenoxy) is 2. The second-order valence-electron chi connectivity index (χ2n) is 9.27. The molecule has 0 N–H and O–H groups in total. The van der Waals surface area contributed by atoms with E-state index in [2.05, 4.69) is 37.7 Å². The molecule has 5 nitrogen and oxygen atoms in total. The molecule has 1 heterocycles. The molecule has 0 amide bonds. The van der Waals surface area contributed by atoms with Gasteiger partial charge in [-0.2, -0.15) is 0 Å². The maximum absolute atomic E-state index is 12.0. The van der Waals surface area contributed by atoms with Crippen molar-refractivity contribution in [1.82, 2.24) is 0 Å². The van der Waals surface area contributed by atoms with Gasteiger partial charge in [0, 0.05) is 0 Å². The summed E-state index contributed by atoms with van der Waals surface area (Å²) < 4.78 is 15.3. The van der Waals surface area contributed by atoms with Crippen LogP contribution in [0.5, 0.6) is 0 Å². The maximum Gasteiger partial charge on any atom is 0.317 e. The Hall–Kier alpha value is -2.04. The number of aryl methyl sites for hydroxylation is 1. The molecule has 1 fully saturated rings. The summed E-state index contributed by atoms with van der Waals surface area (Å²) in [6.45, 7) is 7.46. The molecule has 4 unspecified atom stereocenters. The summed E-state index contributed by atoms with van der Waals surface area (Å²) in [7, 11) is 1.28. The number of hydrogen-bond donors (Lipinski definition) is 0. The normalized spacial score (nSPS) is 31.5. The van der Waals surface area contributed by atoms with Crippen molar-refractivity contribution in [1.29, 1.82) is 0 Å². The van der Waals surface area contributed by atoms with E-state index in [0.29, 0.717) is 11.8 Å². The number of methoxy groups -OCH3 is 1. The minimum Gasteiger partial charge on any atom is -0.472 e. The van der Waals surface area contributed by atoms with Crippen LogP contribution >= 0.6 is 0 Å². The summed E-state index contributed by atoms with van der Waals surface area (Å²) in [5, 5.41) is 0. The summed E-state index contributed by atoms with van der Waals surface area (Å²) in [6, 6.07) is 2.06. The number of furan rings is 1. The van der Waals surface area contributed by atoms with E-state index in [0.717, 1.165) is 25.7 Å². The van der Waals surface area contributed by atoms with Crippen LogP contribution < -0.4 is 0 Å². The van der Waals surface area contributed by atoms with Crippen LogP contribution in [0.2, 0.25) is 0 Å². The lowest BCUT2D eigenvalue weighted by molar-refractivity contribution is -0.152. The topological polar surface area (TPSA) is 65.7 Å². The van der Waals surface area contributed by atoms with E-state index >= 15 is 0 Å². The van der Waals surface area contributed by atoms with Crippen LogP contribution in [0, 0.1) is 22.7 Å². The minimum atomic E-state index is -0.560. The molecule has 2 aliphatic rings. The predicted octanol–water partition coefficient (Wildman–Crippen LogP) is 5.10. The fraction of sp³-hybridized carbons (Fsp3) is 0.667. The highest BCUT2D eigenvalue weighted by Crippen LogP contribution is 2.61. The van der Waals surface area contributed by atoms with Gasteiger partial charge in [-0.1, -0.05) is 26.8 Å².